The van der Waals surface area contributed by atoms with E-state index in [2.05, 4.69) is 20.7 Å². The molecule has 0 saturated heterocycles. The summed E-state index contributed by atoms with van der Waals surface area (Å²) >= 11 is 7.83. The van der Waals surface area contributed by atoms with E-state index in [0.717, 1.165) is 4.68 Å². The number of halogens is 3. The molecule has 0 spiro atoms. The van der Waals surface area contributed by atoms with Gasteiger partial charge in [-0.05, 0) is 46.9 Å². The van der Waals surface area contributed by atoms with Crippen LogP contribution < -0.4 is 10.6 Å². The minimum absolute atomic E-state index is 0.0405. The van der Waals surface area contributed by atoms with E-state index < -0.39 is 17.6 Å². The molecule has 3 aromatic rings. The summed E-state index contributed by atoms with van der Waals surface area (Å²) in [5.74, 6) is -2.08. The van der Waals surface area contributed by atoms with Crippen LogP contribution in [0, 0.1) is 20.7 Å². The second-order valence-corrected chi connectivity index (χ2v) is 7.15. The van der Waals surface area contributed by atoms with Crippen molar-refractivity contribution in [1.29, 1.82) is 5.26 Å². The zero-order chi connectivity index (χ0) is 21.1. The Morgan fingerprint density at radius 3 is 2.72 bits per heavy atom. The fourth-order valence-corrected chi connectivity index (χ4v) is 3.44. The lowest BCUT2D eigenvalue weighted by molar-refractivity contribution is 0.0964. The lowest BCUT2D eigenvalue weighted by Crippen LogP contribution is -2.24. The van der Waals surface area contributed by atoms with Gasteiger partial charge in [0.25, 0.3) is 11.8 Å². The van der Waals surface area contributed by atoms with Gasteiger partial charge in [0.15, 0.2) is 16.8 Å². The van der Waals surface area contributed by atoms with Crippen molar-refractivity contribution in [2.45, 2.75) is 0 Å². The molecule has 0 fully saturated rings. The van der Waals surface area contributed by atoms with Gasteiger partial charge in [-0.25, -0.2) is 14.1 Å². The van der Waals surface area contributed by atoms with Crippen LogP contribution >= 0.6 is 34.2 Å². The van der Waals surface area contributed by atoms with Crippen molar-refractivity contribution < 1.29 is 14.0 Å². The van der Waals surface area contributed by atoms with Gasteiger partial charge in [-0.3, -0.25) is 9.59 Å². The summed E-state index contributed by atoms with van der Waals surface area (Å²) in [6.07, 6.45) is 1.35. The third-order valence-corrected chi connectivity index (χ3v) is 4.82. The van der Waals surface area contributed by atoms with Gasteiger partial charge in [0.1, 0.15) is 5.69 Å². The Morgan fingerprint density at radius 1 is 1.31 bits per heavy atom. The van der Waals surface area contributed by atoms with Crippen LogP contribution in [0.4, 0.5) is 10.1 Å². The lowest BCUT2D eigenvalue weighted by atomic mass is 10.1. The molecule has 8 nitrogen and oxygen atoms in total. The highest BCUT2D eigenvalue weighted by Gasteiger charge is 2.23. The summed E-state index contributed by atoms with van der Waals surface area (Å²) in [4.78, 5) is 29.1. The second-order valence-electron chi connectivity index (χ2n) is 5.60. The highest BCUT2D eigenvalue weighted by atomic mass is 127. The van der Waals surface area contributed by atoms with E-state index in [1.54, 1.807) is 0 Å². The minimum atomic E-state index is -0.694. The van der Waals surface area contributed by atoms with Crippen LogP contribution in [0.1, 0.15) is 26.4 Å². The Balaban J connectivity index is 2.06. The van der Waals surface area contributed by atoms with E-state index in [9.17, 15) is 14.0 Å². The number of amides is 2. The van der Waals surface area contributed by atoms with Gasteiger partial charge in [-0.2, -0.15) is 10.4 Å². The summed E-state index contributed by atoms with van der Waals surface area (Å²) < 4.78 is 15.6. The number of nitriles is 1. The number of hydrogen-bond acceptors (Lipinski definition) is 5. The molecule has 11 heteroatoms. The lowest BCUT2D eigenvalue weighted by Gasteiger charge is -2.13. The Labute approximate surface area is 182 Å². The van der Waals surface area contributed by atoms with Gasteiger partial charge in [0.05, 0.1) is 22.9 Å². The summed E-state index contributed by atoms with van der Waals surface area (Å²) in [5, 5.41) is 18.1. The average Bonchev–Trinajstić information content (AvgIpc) is 3.10. The summed E-state index contributed by atoms with van der Waals surface area (Å²) in [5.41, 5.74) is 0.468. The second kappa shape index (κ2) is 8.54. The normalized spacial score (nSPS) is 10.3. The van der Waals surface area contributed by atoms with Gasteiger partial charge in [-0.1, -0.05) is 11.6 Å². The summed E-state index contributed by atoms with van der Waals surface area (Å²) in [7, 11) is 1.43. The molecule has 0 aliphatic rings. The predicted molar refractivity (Wildman–Crippen MR) is 112 cm³/mol. The third-order valence-electron chi connectivity index (χ3n) is 3.78. The smallest absolute Gasteiger partial charge is 0.274 e. The number of aromatic nitrogens is 3. The van der Waals surface area contributed by atoms with Crippen LogP contribution in [-0.2, 0) is 0 Å². The number of anilines is 1. The quantitative estimate of drug-likeness (QED) is 0.509. The van der Waals surface area contributed by atoms with E-state index in [1.165, 1.54) is 43.6 Å². The summed E-state index contributed by atoms with van der Waals surface area (Å²) in [6.45, 7) is 0. The topological polar surface area (TPSA) is 113 Å². The predicted octanol–water partition coefficient (Wildman–Crippen LogP) is 3.15. The molecule has 2 heterocycles. The molecule has 1 aromatic carbocycles. The molecule has 0 saturated carbocycles. The summed E-state index contributed by atoms with van der Waals surface area (Å²) in [6, 6.07) is 8.67. The molecule has 0 unspecified atom stereocenters. The third kappa shape index (κ3) is 4.20. The molecule has 0 radical (unpaired) electrons. The van der Waals surface area contributed by atoms with Crippen LogP contribution in [0.15, 0.2) is 36.5 Å². The van der Waals surface area contributed by atoms with Gasteiger partial charge < -0.3 is 10.6 Å². The fraction of sp³-hybridized carbons (Fsp3) is 0.0556. The van der Waals surface area contributed by atoms with E-state index in [-0.39, 0.29) is 33.5 Å². The molecular formula is C18H11ClFIN6O2. The van der Waals surface area contributed by atoms with Crippen molar-refractivity contribution >= 4 is 51.7 Å². The molecule has 0 bridgehead atoms. The molecule has 0 aliphatic heterocycles. The first-order valence-corrected chi connectivity index (χ1v) is 9.45. The van der Waals surface area contributed by atoms with Crippen LogP contribution in [0.3, 0.4) is 0 Å². The number of carbonyl (C=O) groups is 2. The van der Waals surface area contributed by atoms with E-state index >= 15 is 0 Å². The number of nitrogens with zero attached hydrogens (tertiary/aromatic N) is 4. The zero-order valence-corrected chi connectivity index (χ0v) is 17.6. The van der Waals surface area contributed by atoms with Gasteiger partial charge >= 0.3 is 0 Å². The van der Waals surface area contributed by atoms with Crippen molar-refractivity contribution in [1.82, 2.24) is 20.1 Å². The average molecular weight is 525 g/mol. The molecule has 2 amide bonds. The van der Waals surface area contributed by atoms with Crippen molar-refractivity contribution in [2.24, 2.45) is 0 Å². The Hall–Kier alpha value is -3.04. The molecular weight excluding hydrogens is 514 g/mol. The van der Waals surface area contributed by atoms with E-state index in [4.69, 9.17) is 16.9 Å². The number of carbonyl (C=O) groups excluding carboxylic acids is 2. The monoisotopic (exact) mass is 524 g/mol. The van der Waals surface area contributed by atoms with Crippen LogP contribution in [0.25, 0.3) is 5.82 Å². The zero-order valence-electron chi connectivity index (χ0n) is 14.7. The number of benzene rings is 1. The molecule has 0 atom stereocenters. The van der Waals surface area contributed by atoms with Gasteiger partial charge in [0.2, 0.25) is 0 Å². The van der Waals surface area contributed by atoms with Crippen molar-refractivity contribution in [3.63, 3.8) is 0 Å². The van der Waals surface area contributed by atoms with Crippen LogP contribution in [0.2, 0.25) is 5.15 Å². The van der Waals surface area contributed by atoms with Crippen molar-refractivity contribution in [3.05, 3.63) is 67.9 Å². The first-order valence-electron chi connectivity index (χ1n) is 7.99. The van der Waals surface area contributed by atoms with Crippen molar-refractivity contribution in [3.8, 4) is 11.9 Å². The number of nitrogens with one attached hydrogen (secondary N) is 2. The SMILES string of the molecule is CNC(=O)c1cc(C#N)cc(I)c1NC(=O)c1cc(Cl)nn1-c1ncccc1F. The maximum absolute atomic E-state index is 14.1. The van der Waals surface area contributed by atoms with Crippen LogP contribution in [0.5, 0.6) is 0 Å². The van der Waals surface area contributed by atoms with E-state index in [1.807, 2.05) is 28.7 Å². The molecule has 29 heavy (non-hydrogen) atoms. The van der Waals surface area contributed by atoms with Gasteiger partial charge in [-0.15, -0.1) is 0 Å². The highest BCUT2D eigenvalue weighted by Crippen LogP contribution is 2.27. The first kappa shape index (κ1) is 20.7. The minimum Gasteiger partial charge on any atom is -0.355 e. The first-order chi connectivity index (χ1) is 13.8. The van der Waals surface area contributed by atoms with Crippen LogP contribution in [-0.4, -0.2) is 33.6 Å². The Kier molecular flexibility index (Phi) is 6.09. The van der Waals surface area contributed by atoms with E-state index in [0.29, 0.717) is 3.57 Å². The molecule has 0 aliphatic carbocycles. The van der Waals surface area contributed by atoms with Gasteiger partial charge in [0, 0.05) is 22.9 Å². The number of hydrogen-bond donors (Lipinski definition) is 2. The number of pyridine rings is 1. The standard InChI is InChI=1S/C18H11ClFIN6O2/c1-23-17(28)10-5-9(8-22)6-12(21)15(10)25-18(29)13-7-14(19)26-27(13)16-11(20)3-2-4-24-16/h2-7H,1H3,(H,23,28)(H,25,29). The Bertz CT molecular complexity index is 1170. The fourth-order valence-electron chi connectivity index (χ4n) is 2.50. The molecule has 2 aromatic heterocycles. The molecule has 146 valence electrons. The maximum atomic E-state index is 14.1. The molecule has 2 N–H and O–H groups in total. The highest BCUT2D eigenvalue weighted by molar-refractivity contribution is 14.1. The van der Waals surface area contributed by atoms with Crippen molar-refractivity contribution in [2.75, 3.05) is 12.4 Å². The largest absolute Gasteiger partial charge is 0.355 e. The maximum Gasteiger partial charge on any atom is 0.274 e. The number of rotatable bonds is 4. The molecule has 3 rings (SSSR count). The Morgan fingerprint density at radius 2 is 2.07 bits per heavy atom.